The van der Waals surface area contributed by atoms with Crippen molar-refractivity contribution in [3.05, 3.63) is 53.1 Å². The quantitative estimate of drug-likeness (QED) is 0.421. The summed E-state index contributed by atoms with van der Waals surface area (Å²) in [7, 11) is 0. The minimum atomic E-state index is -0.953. The molecule has 0 unspecified atom stereocenters. The van der Waals surface area contributed by atoms with Crippen molar-refractivity contribution < 1.29 is 33.4 Å². The van der Waals surface area contributed by atoms with Crippen molar-refractivity contribution in [1.82, 2.24) is 5.32 Å². The molecule has 0 saturated heterocycles. The van der Waals surface area contributed by atoms with Crippen LogP contribution in [-0.4, -0.2) is 43.0 Å². The van der Waals surface area contributed by atoms with Gasteiger partial charge >= 0.3 is 5.97 Å². The molecule has 36 heavy (non-hydrogen) atoms. The van der Waals surface area contributed by atoms with Crippen molar-refractivity contribution in [2.45, 2.75) is 53.0 Å². The first-order valence-corrected chi connectivity index (χ1v) is 11.7. The SMILES string of the molecule is CC(=O)c1cc2c(cc1NC(=O)COC(=O)[C@@H](NC(=O)c1ccc(C(C)(C)C)cc1)C(C)C)OCO2. The summed E-state index contributed by atoms with van der Waals surface area (Å²) in [6.07, 6.45) is 0. The highest BCUT2D eigenvalue weighted by atomic mass is 16.7. The second-order valence-electron chi connectivity index (χ2n) is 9.99. The third kappa shape index (κ3) is 6.41. The largest absolute Gasteiger partial charge is 0.454 e. The summed E-state index contributed by atoms with van der Waals surface area (Å²) in [6.45, 7) is 10.6. The summed E-state index contributed by atoms with van der Waals surface area (Å²) in [5.74, 6) is -1.55. The Morgan fingerprint density at radius 1 is 1.00 bits per heavy atom. The van der Waals surface area contributed by atoms with E-state index in [9.17, 15) is 19.2 Å². The van der Waals surface area contributed by atoms with Crippen molar-refractivity contribution in [2.24, 2.45) is 5.92 Å². The molecule has 0 radical (unpaired) electrons. The molecule has 1 aliphatic heterocycles. The number of benzene rings is 2. The Bertz CT molecular complexity index is 1160. The molecule has 9 nitrogen and oxygen atoms in total. The molecule has 2 amide bonds. The number of carbonyl (C=O) groups excluding carboxylic acids is 4. The zero-order valence-electron chi connectivity index (χ0n) is 21.4. The monoisotopic (exact) mass is 496 g/mol. The molecule has 1 aliphatic rings. The lowest BCUT2D eigenvalue weighted by Gasteiger charge is -2.22. The van der Waals surface area contributed by atoms with Gasteiger partial charge < -0.3 is 24.8 Å². The summed E-state index contributed by atoms with van der Waals surface area (Å²) in [6, 6.07) is 9.21. The Balaban J connectivity index is 1.61. The Morgan fingerprint density at radius 3 is 2.17 bits per heavy atom. The first kappa shape index (κ1) is 26.7. The number of hydrogen-bond donors (Lipinski definition) is 2. The number of hydrogen-bond acceptors (Lipinski definition) is 7. The van der Waals surface area contributed by atoms with Gasteiger partial charge in [0.25, 0.3) is 11.8 Å². The maximum Gasteiger partial charge on any atom is 0.329 e. The number of ketones is 1. The summed E-state index contributed by atoms with van der Waals surface area (Å²) in [5, 5.41) is 5.27. The van der Waals surface area contributed by atoms with Crippen LogP contribution in [0.4, 0.5) is 5.69 Å². The van der Waals surface area contributed by atoms with E-state index in [1.165, 1.54) is 19.1 Å². The number of ether oxygens (including phenoxy) is 3. The van der Waals surface area contributed by atoms with Crippen LogP contribution in [-0.2, 0) is 19.7 Å². The third-order valence-electron chi connectivity index (χ3n) is 5.73. The van der Waals surface area contributed by atoms with E-state index in [2.05, 4.69) is 31.4 Å². The van der Waals surface area contributed by atoms with Crippen LogP contribution in [0.2, 0.25) is 0 Å². The fourth-order valence-electron chi connectivity index (χ4n) is 3.59. The average Bonchev–Trinajstić information content (AvgIpc) is 3.27. The lowest BCUT2D eigenvalue weighted by atomic mass is 9.86. The molecular weight excluding hydrogens is 464 g/mol. The average molecular weight is 497 g/mol. The third-order valence-corrected chi connectivity index (χ3v) is 5.73. The zero-order valence-corrected chi connectivity index (χ0v) is 21.4. The van der Waals surface area contributed by atoms with Crippen LogP contribution in [0.3, 0.4) is 0 Å². The van der Waals surface area contributed by atoms with Crippen LogP contribution in [0.15, 0.2) is 36.4 Å². The minimum Gasteiger partial charge on any atom is -0.454 e. The molecule has 2 N–H and O–H groups in total. The molecule has 0 fully saturated rings. The summed E-state index contributed by atoms with van der Waals surface area (Å²) in [5.41, 5.74) is 1.91. The normalized spacial score (nSPS) is 13.2. The van der Waals surface area contributed by atoms with E-state index in [0.717, 1.165) is 5.56 Å². The summed E-state index contributed by atoms with van der Waals surface area (Å²) >= 11 is 0. The number of anilines is 1. The number of rotatable bonds is 8. The number of nitrogens with one attached hydrogen (secondary N) is 2. The molecule has 1 atom stereocenters. The molecule has 2 aromatic carbocycles. The minimum absolute atomic E-state index is 0.0186. The van der Waals surface area contributed by atoms with Crippen LogP contribution < -0.4 is 20.1 Å². The van der Waals surface area contributed by atoms with Gasteiger partial charge in [0.05, 0.1) is 5.69 Å². The zero-order chi connectivity index (χ0) is 26.6. The van der Waals surface area contributed by atoms with Crippen molar-refractivity contribution >= 4 is 29.3 Å². The number of amides is 2. The van der Waals surface area contributed by atoms with Crippen molar-refractivity contribution in [2.75, 3.05) is 18.7 Å². The molecule has 0 saturated carbocycles. The lowest BCUT2D eigenvalue weighted by Crippen LogP contribution is -2.46. The number of esters is 1. The predicted molar refractivity (Wildman–Crippen MR) is 133 cm³/mol. The molecule has 9 heteroatoms. The van der Waals surface area contributed by atoms with E-state index in [-0.39, 0.29) is 35.2 Å². The van der Waals surface area contributed by atoms with Crippen LogP contribution in [0.1, 0.15) is 67.8 Å². The van der Waals surface area contributed by atoms with Gasteiger partial charge in [-0.1, -0.05) is 46.8 Å². The van der Waals surface area contributed by atoms with E-state index in [1.807, 2.05) is 12.1 Å². The van der Waals surface area contributed by atoms with E-state index >= 15 is 0 Å². The van der Waals surface area contributed by atoms with Gasteiger partial charge in [0.15, 0.2) is 23.9 Å². The Labute approximate surface area is 210 Å². The maximum absolute atomic E-state index is 12.7. The Kier molecular flexibility index (Phi) is 8.02. The molecule has 192 valence electrons. The van der Waals surface area contributed by atoms with Gasteiger partial charge in [-0.15, -0.1) is 0 Å². The highest BCUT2D eigenvalue weighted by Crippen LogP contribution is 2.37. The van der Waals surface area contributed by atoms with Gasteiger partial charge in [-0.2, -0.15) is 0 Å². The van der Waals surface area contributed by atoms with E-state index in [1.54, 1.807) is 26.0 Å². The Hall–Kier alpha value is -3.88. The van der Waals surface area contributed by atoms with E-state index < -0.39 is 30.4 Å². The fourth-order valence-corrected chi connectivity index (χ4v) is 3.59. The fraction of sp³-hybridized carbons (Fsp3) is 0.407. The highest BCUT2D eigenvalue weighted by Gasteiger charge is 2.27. The van der Waals surface area contributed by atoms with Crippen molar-refractivity contribution in [1.29, 1.82) is 0 Å². The second kappa shape index (κ2) is 10.8. The first-order valence-electron chi connectivity index (χ1n) is 11.7. The van der Waals surface area contributed by atoms with Crippen LogP contribution in [0, 0.1) is 5.92 Å². The number of fused-ring (bicyclic) bond motifs is 1. The molecule has 0 aliphatic carbocycles. The van der Waals surface area contributed by atoms with Gasteiger partial charge in [0.2, 0.25) is 6.79 Å². The van der Waals surface area contributed by atoms with Crippen molar-refractivity contribution in [3.8, 4) is 11.5 Å². The molecule has 0 bridgehead atoms. The van der Waals surface area contributed by atoms with Crippen LogP contribution in [0.5, 0.6) is 11.5 Å². The molecule has 2 aromatic rings. The highest BCUT2D eigenvalue weighted by molar-refractivity contribution is 6.05. The molecule has 1 heterocycles. The van der Waals surface area contributed by atoms with Crippen LogP contribution in [0.25, 0.3) is 0 Å². The summed E-state index contributed by atoms with van der Waals surface area (Å²) in [4.78, 5) is 49.9. The van der Waals surface area contributed by atoms with Crippen molar-refractivity contribution in [3.63, 3.8) is 0 Å². The van der Waals surface area contributed by atoms with Gasteiger partial charge in [0.1, 0.15) is 6.04 Å². The number of carbonyl (C=O) groups is 4. The van der Waals surface area contributed by atoms with Gasteiger partial charge in [-0.05, 0) is 42.0 Å². The van der Waals surface area contributed by atoms with Crippen LogP contribution >= 0.6 is 0 Å². The van der Waals surface area contributed by atoms with Gasteiger partial charge in [-0.25, -0.2) is 4.79 Å². The maximum atomic E-state index is 12.7. The van der Waals surface area contributed by atoms with E-state index in [4.69, 9.17) is 14.2 Å². The lowest BCUT2D eigenvalue weighted by molar-refractivity contribution is -0.150. The number of Topliss-reactive ketones (excluding diaryl/α,β-unsaturated/α-hetero) is 1. The molecule has 0 spiro atoms. The predicted octanol–water partition coefficient (Wildman–Crippen LogP) is 3.85. The first-order chi connectivity index (χ1) is 16.9. The smallest absolute Gasteiger partial charge is 0.329 e. The van der Waals surface area contributed by atoms with Gasteiger partial charge in [0, 0.05) is 17.2 Å². The molecule has 3 rings (SSSR count). The molecule has 0 aromatic heterocycles. The molecular formula is C27H32N2O7. The standard InChI is InChI=1S/C27H32N2O7/c1-15(2)24(29-25(32)17-7-9-18(10-8-17)27(4,5)6)26(33)34-13-23(31)28-20-12-22-21(35-14-36-22)11-19(20)16(3)30/h7-12,15,24H,13-14H2,1-6H3,(H,28,31)(H,29,32)/t24-/m0/s1. The topological polar surface area (TPSA) is 120 Å². The second-order valence-corrected chi connectivity index (χ2v) is 9.99. The van der Waals surface area contributed by atoms with Gasteiger partial charge in [-0.3, -0.25) is 14.4 Å². The van der Waals surface area contributed by atoms with E-state index in [0.29, 0.717) is 17.1 Å². The summed E-state index contributed by atoms with van der Waals surface area (Å²) < 4.78 is 15.8. The Morgan fingerprint density at radius 2 is 1.61 bits per heavy atom.